The number of ether oxygens (including phenoxy) is 2. The molecule has 0 aliphatic heterocycles. The predicted octanol–water partition coefficient (Wildman–Crippen LogP) is 8.36. The summed E-state index contributed by atoms with van der Waals surface area (Å²) in [4.78, 5) is 12.7. The standard InChI is InChI=1S/C33H26O3/c1-23-3-5-28(6-4-23)33(34)29-15-21-32(22-16-29)36-31-19-13-27(14-20-31)25-9-7-24(8-10-25)26-11-17-30(35-2)18-12-26/h3-22H,1-2H3. The Hall–Kier alpha value is -4.63. The Labute approximate surface area is 211 Å². The van der Waals surface area contributed by atoms with Crippen LogP contribution in [0.1, 0.15) is 21.5 Å². The van der Waals surface area contributed by atoms with Crippen molar-refractivity contribution in [1.82, 2.24) is 0 Å². The van der Waals surface area contributed by atoms with Crippen LogP contribution in [-0.2, 0) is 0 Å². The van der Waals surface area contributed by atoms with E-state index in [1.807, 2.05) is 79.7 Å². The van der Waals surface area contributed by atoms with Crippen LogP contribution in [-0.4, -0.2) is 12.9 Å². The third-order valence-electron chi connectivity index (χ3n) is 6.16. The average Bonchev–Trinajstić information content (AvgIpc) is 2.94. The van der Waals surface area contributed by atoms with E-state index in [4.69, 9.17) is 9.47 Å². The fourth-order valence-electron chi connectivity index (χ4n) is 4.04. The van der Waals surface area contributed by atoms with E-state index >= 15 is 0 Å². The predicted molar refractivity (Wildman–Crippen MR) is 145 cm³/mol. The third-order valence-corrected chi connectivity index (χ3v) is 6.16. The summed E-state index contributed by atoms with van der Waals surface area (Å²) in [6.07, 6.45) is 0. The van der Waals surface area contributed by atoms with Crippen molar-refractivity contribution in [2.75, 3.05) is 7.11 Å². The fourth-order valence-corrected chi connectivity index (χ4v) is 4.04. The van der Waals surface area contributed by atoms with E-state index < -0.39 is 0 Å². The van der Waals surface area contributed by atoms with Crippen LogP contribution >= 0.6 is 0 Å². The first-order valence-electron chi connectivity index (χ1n) is 11.8. The first-order chi connectivity index (χ1) is 17.6. The lowest BCUT2D eigenvalue weighted by Gasteiger charge is -2.09. The van der Waals surface area contributed by atoms with Crippen molar-refractivity contribution in [3.05, 3.63) is 138 Å². The third kappa shape index (κ3) is 5.21. The highest BCUT2D eigenvalue weighted by molar-refractivity contribution is 6.09. The van der Waals surface area contributed by atoms with E-state index in [-0.39, 0.29) is 5.78 Å². The Kier molecular flexibility index (Phi) is 6.63. The molecule has 0 radical (unpaired) electrons. The first kappa shape index (κ1) is 23.1. The lowest BCUT2D eigenvalue weighted by atomic mass is 10.0. The van der Waals surface area contributed by atoms with Crippen LogP contribution in [0.4, 0.5) is 0 Å². The SMILES string of the molecule is COc1ccc(-c2ccc(-c3ccc(Oc4ccc(C(=O)c5ccc(C)cc5)cc4)cc3)cc2)cc1. The van der Waals surface area contributed by atoms with Gasteiger partial charge in [0.1, 0.15) is 17.2 Å². The lowest BCUT2D eigenvalue weighted by molar-refractivity contribution is 0.103. The molecule has 0 aliphatic carbocycles. The Morgan fingerprint density at radius 1 is 0.472 bits per heavy atom. The van der Waals surface area contributed by atoms with Gasteiger partial charge in [-0.15, -0.1) is 0 Å². The summed E-state index contributed by atoms with van der Waals surface area (Å²) in [5.41, 5.74) is 7.01. The molecule has 0 amide bonds. The molecule has 5 aromatic rings. The van der Waals surface area contributed by atoms with E-state index in [0.29, 0.717) is 16.9 Å². The summed E-state index contributed by atoms with van der Waals surface area (Å²) < 4.78 is 11.2. The summed E-state index contributed by atoms with van der Waals surface area (Å²) in [5.74, 6) is 2.28. The van der Waals surface area contributed by atoms with E-state index in [1.165, 1.54) is 0 Å². The number of carbonyl (C=O) groups is 1. The van der Waals surface area contributed by atoms with E-state index in [0.717, 1.165) is 39.3 Å². The smallest absolute Gasteiger partial charge is 0.193 e. The summed E-state index contributed by atoms with van der Waals surface area (Å²) in [7, 11) is 1.67. The molecular weight excluding hydrogens is 444 g/mol. The molecule has 0 atom stereocenters. The van der Waals surface area contributed by atoms with Gasteiger partial charge in [0.15, 0.2) is 5.78 Å². The molecule has 0 aromatic heterocycles. The molecule has 0 bridgehead atoms. The molecule has 0 saturated heterocycles. The van der Waals surface area contributed by atoms with E-state index in [1.54, 1.807) is 19.2 Å². The van der Waals surface area contributed by atoms with Crippen molar-refractivity contribution in [2.45, 2.75) is 6.92 Å². The molecule has 0 spiro atoms. The molecule has 3 nitrogen and oxygen atoms in total. The minimum Gasteiger partial charge on any atom is -0.497 e. The Morgan fingerprint density at radius 3 is 1.22 bits per heavy atom. The average molecular weight is 471 g/mol. The zero-order chi connectivity index (χ0) is 24.9. The van der Waals surface area contributed by atoms with Gasteiger partial charge in [0.25, 0.3) is 0 Å². The van der Waals surface area contributed by atoms with E-state index in [9.17, 15) is 4.79 Å². The molecule has 0 aliphatic rings. The topological polar surface area (TPSA) is 35.5 Å². The van der Waals surface area contributed by atoms with Crippen LogP contribution in [0.3, 0.4) is 0 Å². The first-order valence-corrected chi connectivity index (χ1v) is 11.8. The number of benzene rings is 5. The Balaban J connectivity index is 1.24. The minimum atomic E-state index is 0.00362. The number of hydrogen-bond acceptors (Lipinski definition) is 3. The van der Waals surface area contributed by atoms with Gasteiger partial charge in [-0.05, 0) is 77.7 Å². The highest BCUT2D eigenvalue weighted by Gasteiger charge is 2.09. The fraction of sp³-hybridized carbons (Fsp3) is 0.0606. The second-order valence-corrected chi connectivity index (χ2v) is 8.65. The molecule has 176 valence electrons. The van der Waals surface area contributed by atoms with Crippen LogP contribution in [0.25, 0.3) is 22.3 Å². The van der Waals surface area contributed by atoms with Gasteiger partial charge in [-0.25, -0.2) is 0 Å². The van der Waals surface area contributed by atoms with Gasteiger partial charge < -0.3 is 9.47 Å². The lowest BCUT2D eigenvalue weighted by Crippen LogP contribution is -2.00. The maximum absolute atomic E-state index is 12.7. The van der Waals surface area contributed by atoms with Crippen LogP contribution in [0.2, 0.25) is 0 Å². The largest absolute Gasteiger partial charge is 0.497 e. The molecule has 3 heteroatoms. The van der Waals surface area contributed by atoms with Gasteiger partial charge in [0.2, 0.25) is 0 Å². The van der Waals surface area contributed by atoms with Crippen molar-refractivity contribution in [3.63, 3.8) is 0 Å². The number of methoxy groups -OCH3 is 1. The van der Waals surface area contributed by atoms with Crippen LogP contribution in [0.5, 0.6) is 17.2 Å². The summed E-state index contributed by atoms with van der Waals surface area (Å²) in [5, 5.41) is 0. The van der Waals surface area contributed by atoms with Crippen LogP contribution in [0, 0.1) is 6.92 Å². The molecule has 0 saturated carbocycles. The number of carbonyl (C=O) groups excluding carboxylic acids is 1. The van der Waals surface area contributed by atoms with Crippen molar-refractivity contribution >= 4 is 5.78 Å². The van der Waals surface area contributed by atoms with Gasteiger partial charge in [0, 0.05) is 11.1 Å². The monoisotopic (exact) mass is 470 g/mol. The Bertz CT molecular complexity index is 1450. The molecule has 5 aromatic carbocycles. The van der Waals surface area contributed by atoms with Crippen molar-refractivity contribution in [1.29, 1.82) is 0 Å². The van der Waals surface area contributed by atoms with Gasteiger partial charge >= 0.3 is 0 Å². The summed E-state index contributed by atoms with van der Waals surface area (Å²) in [6, 6.07) is 39.4. The van der Waals surface area contributed by atoms with Crippen LogP contribution in [0.15, 0.2) is 121 Å². The summed E-state index contributed by atoms with van der Waals surface area (Å²) >= 11 is 0. The molecule has 0 fully saturated rings. The molecule has 36 heavy (non-hydrogen) atoms. The summed E-state index contributed by atoms with van der Waals surface area (Å²) in [6.45, 7) is 2.01. The molecule has 5 rings (SSSR count). The maximum Gasteiger partial charge on any atom is 0.193 e. The second-order valence-electron chi connectivity index (χ2n) is 8.65. The van der Waals surface area contributed by atoms with Gasteiger partial charge in [-0.2, -0.15) is 0 Å². The van der Waals surface area contributed by atoms with Crippen molar-refractivity contribution in [3.8, 4) is 39.5 Å². The molecule has 0 unspecified atom stereocenters. The van der Waals surface area contributed by atoms with Gasteiger partial charge in [0.05, 0.1) is 7.11 Å². The van der Waals surface area contributed by atoms with Gasteiger partial charge in [-0.1, -0.05) is 78.4 Å². The quantitative estimate of drug-likeness (QED) is 0.224. The van der Waals surface area contributed by atoms with Crippen LogP contribution < -0.4 is 9.47 Å². The zero-order valence-corrected chi connectivity index (χ0v) is 20.3. The maximum atomic E-state index is 12.7. The number of hydrogen-bond donors (Lipinski definition) is 0. The highest BCUT2D eigenvalue weighted by atomic mass is 16.5. The van der Waals surface area contributed by atoms with Crippen molar-refractivity contribution in [2.24, 2.45) is 0 Å². The molecule has 0 N–H and O–H groups in total. The molecule has 0 heterocycles. The normalized spacial score (nSPS) is 10.6. The van der Waals surface area contributed by atoms with Gasteiger partial charge in [-0.3, -0.25) is 4.79 Å². The molecular formula is C33H26O3. The number of rotatable bonds is 7. The second kappa shape index (κ2) is 10.3. The minimum absolute atomic E-state index is 0.00362. The number of ketones is 1. The zero-order valence-electron chi connectivity index (χ0n) is 20.3. The Morgan fingerprint density at radius 2 is 0.806 bits per heavy atom. The van der Waals surface area contributed by atoms with E-state index in [2.05, 4.69) is 36.4 Å². The number of aryl methyl sites for hydroxylation is 1. The highest BCUT2D eigenvalue weighted by Crippen LogP contribution is 2.29. The van der Waals surface area contributed by atoms with Crippen molar-refractivity contribution < 1.29 is 14.3 Å².